The molecule has 0 aromatic carbocycles. The molecule has 4 heterocycles. The second kappa shape index (κ2) is 8.10. The van der Waals surface area contributed by atoms with Gasteiger partial charge in [0, 0.05) is 13.1 Å². The Balaban J connectivity index is 1.86. The van der Waals surface area contributed by atoms with Gasteiger partial charge in [-0.3, -0.25) is 0 Å². The highest BCUT2D eigenvalue weighted by molar-refractivity contribution is 5.80. The zero-order valence-corrected chi connectivity index (χ0v) is 17.8. The van der Waals surface area contributed by atoms with Crippen LogP contribution < -0.4 is 10.1 Å². The minimum atomic E-state index is 0.242. The largest absolute Gasteiger partial charge is 0.477 e. The van der Waals surface area contributed by atoms with E-state index >= 15 is 0 Å². The third-order valence-electron chi connectivity index (χ3n) is 4.67. The van der Waals surface area contributed by atoms with Gasteiger partial charge in [-0.1, -0.05) is 19.0 Å². The lowest BCUT2D eigenvalue weighted by atomic mass is 10.1. The molecule has 4 aromatic rings. The minimum Gasteiger partial charge on any atom is -0.477 e. The summed E-state index contributed by atoms with van der Waals surface area (Å²) in [6, 6.07) is 5.82. The number of ether oxygens (including phenoxy) is 1. The molecule has 4 aromatic heterocycles. The van der Waals surface area contributed by atoms with Crippen LogP contribution in [0.15, 0.2) is 28.9 Å². The van der Waals surface area contributed by atoms with Gasteiger partial charge in [0.1, 0.15) is 11.3 Å². The topological polar surface area (TPSA) is 103 Å². The van der Waals surface area contributed by atoms with Crippen LogP contribution in [0.2, 0.25) is 0 Å². The second-order valence-electron chi connectivity index (χ2n) is 7.27. The van der Waals surface area contributed by atoms with Gasteiger partial charge in [0.15, 0.2) is 5.82 Å². The van der Waals surface area contributed by atoms with Crippen LogP contribution in [-0.2, 0) is 6.54 Å². The second-order valence-corrected chi connectivity index (χ2v) is 7.27. The molecule has 0 aliphatic heterocycles. The van der Waals surface area contributed by atoms with Gasteiger partial charge in [-0.25, -0.2) is 14.5 Å². The number of imidazole rings is 1. The van der Waals surface area contributed by atoms with Crippen molar-refractivity contribution in [3.8, 4) is 17.1 Å². The maximum Gasteiger partial charge on any atom is 0.223 e. The van der Waals surface area contributed by atoms with Crippen molar-refractivity contribution in [2.75, 3.05) is 11.9 Å². The lowest BCUT2D eigenvalue weighted by Crippen LogP contribution is -2.07. The Morgan fingerprint density at radius 1 is 1.23 bits per heavy atom. The summed E-state index contributed by atoms with van der Waals surface area (Å²) >= 11 is 0. The normalized spacial score (nSPS) is 11.4. The summed E-state index contributed by atoms with van der Waals surface area (Å²) in [5, 5.41) is 12.3. The molecule has 0 atom stereocenters. The van der Waals surface area contributed by atoms with Crippen molar-refractivity contribution in [1.82, 2.24) is 29.7 Å². The summed E-state index contributed by atoms with van der Waals surface area (Å²) in [5.74, 6) is 2.73. The molecule has 0 fully saturated rings. The first kappa shape index (κ1) is 19.8. The lowest BCUT2D eigenvalue weighted by molar-refractivity contribution is 0.328. The summed E-state index contributed by atoms with van der Waals surface area (Å²) in [5.41, 5.74) is 4.36. The number of rotatable bonds is 7. The summed E-state index contributed by atoms with van der Waals surface area (Å²) < 4.78 is 12.7. The zero-order chi connectivity index (χ0) is 21.3. The molecule has 0 saturated carbocycles. The van der Waals surface area contributed by atoms with Crippen LogP contribution in [-0.4, -0.2) is 36.3 Å². The molecule has 0 saturated heterocycles. The molecule has 1 N–H and O–H groups in total. The molecule has 9 heteroatoms. The standard InChI is InChI=1S/C21H25N7O2/c1-6-29-21-15(8-7-9-22-21)16-10-17(23-11-18-25-14(5)30-27-18)20-19(12(2)3)24-13(4)28(20)26-16/h7-10,12,23H,6,11H2,1-5H3. The van der Waals surface area contributed by atoms with Crippen molar-refractivity contribution < 1.29 is 9.26 Å². The fourth-order valence-corrected chi connectivity index (χ4v) is 3.35. The number of anilines is 1. The SMILES string of the molecule is CCOc1ncccc1-c1cc(NCc2noc(C)n2)c2c(C(C)C)nc(C)n2n1. The van der Waals surface area contributed by atoms with E-state index in [1.807, 2.05) is 36.6 Å². The highest BCUT2D eigenvalue weighted by Crippen LogP contribution is 2.33. The summed E-state index contributed by atoms with van der Waals surface area (Å²) in [6.07, 6.45) is 1.71. The van der Waals surface area contributed by atoms with Crippen molar-refractivity contribution in [2.45, 2.75) is 47.1 Å². The van der Waals surface area contributed by atoms with E-state index in [2.05, 4.69) is 34.3 Å². The van der Waals surface area contributed by atoms with Gasteiger partial charge in [-0.2, -0.15) is 10.1 Å². The number of fused-ring (bicyclic) bond motifs is 1. The first-order valence-corrected chi connectivity index (χ1v) is 9.99. The van der Waals surface area contributed by atoms with Crippen LogP contribution in [0.3, 0.4) is 0 Å². The monoisotopic (exact) mass is 407 g/mol. The lowest BCUT2D eigenvalue weighted by Gasteiger charge is -2.13. The molecule has 0 unspecified atom stereocenters. The highest BCUT2D eigenvalue weighted by Gasteiger charge is 2.20. The van der Waals surface area contributed by atoms with E-state index in [0.29, 0.717) is 30.7 Å². The van der Waals surface area contributed by atoms with E-state index in [1.165, 1.54) is 0 Å². The van der Waals surface area contributed by atoms with Crippen molar-refractivity contribution in [1.29, 1.82) is 0 Å². The molecule has 9 nitrogen and oxygen atoms in total. The Bertz CT molecular complexity index is 1180. The summed E-state index contributed by atoms with van der Waals surface area (Å²) in [7, 11) is 0. The van der Waals surface area contributed by atoms with Crippen LogP contribution in [0.25, 0.3) is 16.8 Å². The smallest absolute Gasteiger partial charge is 0.223 e. The molecule has 4 rings (SSSR count). The van der Waals surface area contributed by atoms with Crippen molar-refractivity contribution in [3.63, 3.8) is 0 Å². The van der Waals surface area contributed by atoms with E-state index in [1.54, 1.807) is 13.1 Å². The number of hydrogen-bond donors (Lipinski definition) is 1. The molecule has 0 aliphatic rings. The highest BCUT2D eigenvalue weighted by atomic mass is 16.5. The number of aryl methyl sites for hydroxylation is 2. The Morgan fingerprint density at radius 2 is 2.07 bits per heavy atom. The third-order valence-corrected chi connectivity index (χ3v) is 4.67. The van der Waals surface area contributed by atoms with E-state index in [9.17, 15) is 0 Å². The molecule has 0 bridgehead atoms. The van der Waals surface area contributed by atoms with Crippen LogP contribution in [0.1, 0.15) is 49.9 Å². The molecular formula is C21H25N7O2. The molecule has 0 radical (unpaired) electrons. The maximum atomic E-state index is 5.72. The number of nitrogens with one attached hydrogen (secondary N) is 1. The molecule has 0 aliphatic carbocycles. The van der Waals surface area contributed by atoms with E-state index in [4.69, 9.17) is 19.3 Å². The van der Waals surface area contributed by atoms with Crippen LogP contribution in [0, 0.1) is 13.8 Å². The molecule has 0 spiro atoms. The fraction of sp³-hybridized carbons (Fsp3) is 0.381. The van der Waals surface area contributed by atoms with Gasteiger partial charge >= 0.3 is 0 Å². The Hall–Kier alpha value is -3.49. The number of hydrogen-bond acceptors (Lipinski definition) is 8. The average molecular weight is 407 g/mol. The van der Waals surface area contributed by atoms with Crippen molar-refractivity contribution >= 4 is 11.2 Å². The van der Waals surface area contributed by atoms with Gasteiger partial charge in [0.25, 0.3) is 0 Å². The number of aromatic nitrogens is 6. The Labute approximate surface area is 174 Å². The molecule has 0 amide bonds. The first-order valence-electron chi connectivity index (χ1n) is 9.99. The predicted octanol–water partition coefficient (Wildman–Crippen LogP) is 3.93. The van der Waals surface area contributed by atoms with Gasteiger partial charge in [0.05, 0.1) is 35.8 Å². The van der Waals surface area contributed by atoms with Crippen LogP contribution in [0.5, 0.6) is 5.88 Å². The van der Waals surface area contributed by atoms with E-state index < -0.39 is 0 Å². The van der Waals surface area contributed by atoms with Gasteiger partial charge in [0.2, 0.25) is 11.8 Å². The quantitative estimate of drug-likeness (QED) is 0.492. The van der Waals surface area contributed by atoms with Crippen LogP contribution >= 0.6 is 0 Å². The number of nitrogens with zero attached hydrogens (tertiary/aromatic N) is 6. The molecule has 30 heavy (non-hydrogen) atoms. The third kappa shape index (κ3) is 3.70. The fourth-order valence-electron chi connectivity index (χ4n) is 3.35. The Kier molecular flexibility index (Phi) is 5.35. The van der Waals surface area contributed by atoms with E-state index in [0.717, 1.165) is 34.0 Å². The Morgan fingerprint density at radius 3 is 2.77 bits per heavy atom. The predicted molar refractivity (Wildman–Crippen MR) is 113 cm³/mol. The molecular weight excluding hydrogens is 382 g/mol. The minimum absolute atomic E-state index is 0.242. The maximum absolute atomic E-state index is 5.72. The summed E-state index contributed by atoms with van der Waals surface area (Å²) in [4.78, 5) is 13.4. The number of pyridine rings is 1. The first-order chi connectivity index (χ1) is 14.5. The van der Waals surface area contributed by atoms with Gasteiger partial charge in [-0.05, 0) is 38.0 Å². The van der Waals surface area contributed by atoms with Crippen molar-refractivity contribution in [3.05, 3.63) is 47.6 Å². The average Bonchev–Trinajstić information content (AvgIpc) is 3.30. The van der Waals surface area contributed by atoms with Gasteiger partial charge in [-0.15, -0.1) is 0 Å². The molecule has 156 valence electrons. The summed E-state index contributed by atoms with van der Waals surface area (Å²) in [6.45, 7) is 10.8. The van der Waals surface area contributed by atoms with Gasteiger partial charge < -0.3 is 14.6 Å². The zero-order valence-electron chi connectivity index (χ0n) is 17.8. The van der Waals surface area contributed by atoms with E-state index in [-0.39, 0.29) is 5.92 Å². The van der Waals surface area contributed by atoms with Crippen LogP contribution in [0.4, 0.5) is 5.69 Å². The van der Waals surface area contributed by atoms with Crippen molar-refractivity contribution in [2.24, 2.45) is 0 Å².